The van der Waals surface area contributed by atoms with Gasteiger partial charge in [-0.1, -0.05) is 122 Å². The number of unbranched alkanes of at least 4 members (excludes halogenated alkanes) is 1. The lowest BCUT2D eigenvalue weighted by Gasteiger charge is -2.27. The lowest BCUT2D eigenvalue weighted by molar-refractivity contribution is 0.210. The molecule has 0 aromatic carbocycles. The maximum Gasteiger partial charge on any atom is 0.0785 e. The molecule has 0 saturated heterocycles. The highest BCUT2D eigenvalue weighted by Gasteiger charge is 2.21. The van der Waals surface area contributed by atoms with E-state index in [4.69, 9.17) is 17.3 Å². The lowest BCUT2D eigenvalue weighted by atomic mass is 9.78. The highest BCUT2D eigenvalue weighted by Crippen LogP contribution is 2.36. The second kappa shape index (κ2) is 50.2. The van der Waals surface area contributed by atoms with E-state index in [1.165, 1.54) is 31.3 Å². The molecule has 2 atom stereocenters. The number of aliphatic hydroxyl groups is 1. The Bertz CT molecular complexity index is 712. The molecule has 1 aliphatic carbocycles. The van der Waals surface area contributed by atoms with Gasteiger partial charge in [-0.2, -0.15) is 0 Å². The van der Waals surface area contributed by atoms with Crippen molar-refractivity contribution in [2.45, 2.75) is 162 Å². The Morgan fingerprint density at radius 1 is 1.07 bits per heavy atom. The summed E-state index contributed by atoms with van der Waals surface area (Å²) in [4.78, 5) is 2.06. The fourth-order valence-electron chi connectivity index (χ4n) is 4.47. The first-order valence-electron chi connectivity index (χ1n) is 17.0. The summed E-state index contributed by atoms with van der Waals surface area (Å²) in [6, 6.07) is 0.722. The van der Waals surface area contributed by atoms with E-state index in [0.717, 1.165) is 37.9 Å². The summed E-state index contributed by atoms with van der Waals surface area (Å²) in [6.45, 7) is 32.9. The van der Waals surface area contributed by atoms with Crippen LogP contribution in [0.15, 0.2) is 47.1 Å². The van der Waals surface area contributed by atoms with Crippen molar-refractivity contribution >= 4 is 0 Å². The Hall–Kier alpha value is -1.71. The molecule has 2 unspecified atom stereocenters. The summed E-state index contributed by atoms with van der Waals surface area (Å²) in [6.07, 6.45) is 20.4. The molecule has 0 aliphatic heterocycles. The standard InChI is InChI=1S/C20H33N.C8H15NO.C5H13N.2C2H6.CH3F.3CH4/c1-6-9-10-17(7-2)20(8-3)19-13-11-18(12-14-19)15(4)16(5)21;1-3-5-9(6-4-2)7-8-10;1-4-6-5(2)3;3*1-2;;;/h7-8,11,16,19H,4,6,9-10,12-14,21H2,1-3,5H3;1,10H,4-8H2,2H3;5-6H,4H2,1-3H3;2*1-2H3;1H3;3*1H4/b17-7+,20-8+;;;;;;;;. The SMILES string of the molecule is C.C.C.C#CCN(CCC)CCO.C=C(C1=CCC(C(=C/C)/C(=C/C)CCCC)CC1)C(C)N.CC.CC.CCNC(C)C.CF. The molecule has 0 radical (unpaired) electrons. The molecule has 46 heavy (non-hydrogen) atoms. The maximum absolute atomic E-state index is 9.50. The molecule has 1 rings (SSSR count). The van der Waals surface area contributed by atoms with E-state index in [2.05, 4.69) is 89.4 Å². The molecule has 0 fully saturated rings. The third-order valence-electron chi connectivity index (χ3n) is 6.53. The maximum atomic E-state index is 9.50. The highest BCUT2D eigenvalue weighted by atomic mass is 19.1. The number of aliphatic hydroxyl groups excluding tert-OH is 1. The van der Waals surface area contributed by atoms with Crippen LogP contribution in [0.3, 0.4) is 0 Å². The van der Waals surface area contributed by atoms with Gasteiger partial charge in [-0.3, -0.25) is 9.29 Å². The van der Waals surface area contributed by atoms with E-state index in [0.29, 0.717) is 32.2 Å². The van der Waals surface area contributed by atoms with Gasteiger partial charge in [0.25, 0.3) is 0 Å². The number of hydrogen-bond acceptors (Lipinski definition) is 4. The molecule has 0 aromatic rings. The molecule has 0 saturated carbocycles. The minimum absolute atomic E-state index is 0. The van der Waals surface area contributed by atoms with Gasteiger partial charge in [0.2, 0.25) is 0 Å². The zero-order valence-electron chi connectivity index (χ0n) is 31.1. The van der Waals surface area contributed by atoms with E-state index in [1.54, 1.807) is 11.1 Å². The fourth-order valence-corrected chi connectivity index (χ4v) is 4.47. The number of nitrogens with one attached hydrogen (secondary N) is 1. The zero-order valence-corrected chi connectivity index (χ0v) is 31.1. The molecule has 0 aromatic heterocycles. The van der Waals surface area contributed by atoms with Crippen LogP contribution >= 0.6 is 0 Å². The number of hydrogen-bond donors (Lipinski definition) is 3. The molecule has 5 heteroatoms. The van der Waals surface area contributed by atoms with Gasteiger partial charge in [-0.05, 0) is 101 Å². The van der Waals surface area contributed by atoms with Crippen LogP contribution in [-0.4, -0.2) is 62.1 Å². The summed E-state index contributed by atoms with van der Waals surface area (Å²) < 4.78 is 9.50. The van der Waals surface area contributed by atoms with Crippen LogP contribution in [0.1, 0.15) is 150 Å². The molecular weight excluding hydrogens is 569 g/mol. The summed E-state index contributed by atoms with van der Waals surface area (Å²) in [5.74, 6) is 3.22. The van der Waals surface area contributed by atoms with Gasteiger partial charge in [-0.25, -0.2) is 0 Å². The molecule has 4 N–H and O–H groups in total. The molecule has 0 amide bonds. The van der Waals surface area contributed by atoms with Crippen molar-refractivity contribution in [1.29, 1.82) is 0 Å². The smallest absolute Gasteiger partial charge is 0.0785 e. The summed E-state index contributed by atoms with van der Waals surface area (Å²) in [7, 11) is 0.500. The Morgan fingerprint density at radius 3 is 1.89 bits per heavy atom. The Balaban J connectivity index is -0.0000000813. The quantitative estimate of drug-likeness (QED) is 0.128. The van der Waals surface area contributed by atoms with Gasteiger partial charge in [0, 0.05) is 18.6 Å². The van der Waals surface area contributed by atoms with Crippen molar-refractivity contribution in [3.8, 4) is 12.3 Å². The topological polar surface area (TPSA) is 61.5 Å². The van der Waals surface area contributed by atoms with Crippen LogP contribution in [0.5, 0.6) is 0 Å². The van der Waals surface area contributed by atoms with Crippen LogP contribution in [-0.2, 0) is 0 Å². The fraction of sp³-hybridized carbons (Fsp3) is 0.756. The molecular formula is C41H88FN3O. The molecule has 4 nitrogen and oxygen atoms in total. The predicted octanol–water partition coefficient (Wildman–Crippen LogP) is 11.6. The number of rotatable bonds is 14. The largest absolute Gasteiger partial charge is 0.395 e. The predicted molar refractivity (Wildman–Crippen MR) is 217 cm³/mol. The van der Waals surface area contributed by atoms with Crippen LogP contribution < -0.4 is 11.1 Å². The van der Waals surface area contributed by atoms with Crippen LogP contribution in [0, 0.1) is 18.3 Å². The van der Waals surface area contributed by atoms with Crippen molar-refractivity contribution < 1.29 is 9.50 Å². The van der Waals surface area contributed by atoms with E-state index in [-0.39, 0.29) is 34.9 Å². The van der Waals surface area contributed by atoms with Crippen LogP contribution in [0.4, 0.5) is 4.39 Å². The molecule has 0 bridgehead atoms. The van der Waals surface area contributed by atoms with Crippen molar-refractivity contribution in [3.63, 3.8) is 0 Å². The van der Waals surface area contributed by atoms with Gasteiger partial charge >= 0.3 is 0 Å². The first kappa shape index (κ1) is 63.0. The van der Waals surface area contributed by atoms with Gasteiger partial charge in [-0.15, -0.1) is 6.42 Å². The number of nitrogens with two attached hydrogens (primary N) is 1. The third kappa shape index (κ3) is 36.8. The first-order chi connectivity index (χ1) is 20.7. The number of halogens is 1. The molecule has 0 spiro atoms. The zero-order chi connectivity index (χ0) is 34.6. The van der Waals surface area contributed by atoms with E-state index >= 15 is 0 Å². The minimum Gasteiger partial charge on any atom is -0.395 e. The summed E-state index contributed by atoms with van der Waals surface area (Å²) in [5.41, 5.74) is 11.6. The number of nitrogens with zero attached hydrogens (tertiary/aromatic N) is 1. The number of allylic oxidation sites excluding steroid dienone is 5. The second-order valence-electron chi connectivity index (χ2n) is 10.1. The molecule has 1 aliphatic rings. The van der Waals surface area contributed by atoms with Gasteiger partial charge < -0.3 is 16.2 Å². The van der Waals surface area contributed by atoms with Gasteiger partial charge in [0.1, 0.15) is 0 Å². The van der Waals surface area contributed by atoms with Crippen molar-refractivity contribution in [1.82, 2.24) is 10.2 Å². The van der Waals surface area contributed by atoms with E-state index in [1.807, 2.05) is 34.6 Å². The number of alkyl halides is 1. The van der Waals surface area contributed by atoms with Crippen LogP contribution in [0.2, 0.25) is 0 Å². The Morgan fingerprint density at radius 2 is 1.61 bits per heavy atom. The monoisotopic (exact) mass is 658 g/mol. The van der Waals surface area contributed by atoms with Crippen molar-refractivity contribution in [3.05, 3.63) is 47.1 Å². The first-order valence-corrected chi connectivity index (χ1v) is 17.0. The Kier molecular flexibility index (Phi) is 68.7. The van der Waals surface area contributed by atoms with E-state index in [9.17, 15) is 4.39 Å². The molecule has 0 heterocycles. The average Bonchev–Trinajstić information content (AvgIpc) is 3.03. The molecule has 280 valence electrons. The van der Waals surface area contributed by atoms with Gasteiger partial charge in [0.15, 0.2) is 0 Å². The Labute approximate surface area is 292 Å². The normalized spacial score (nSPS) is 13.8. The second-order valence-corrected chi connectivity index (χ2v) is 10.1. The van der Waals surface area contributed by atoms with Crippen molar-refractivity contribution in [2.24, 2.45) is 11.7 Å². The summed E-state index contributed by atoms with van der Waals surface area (Å²) in [5, 5.41) is 11.8. The average molecular weight is 658 g/mol. The highest BCUT2D eigenvalue weighted by molar-refractivity contribution is 5.38. The summed E-state index contributed by atoms with van der Waals surface area (Å²) >= 11 is 0. The lowest BCUT2D eigenvalue weighted by Crippen LogP contribution is -2.27. The van der Waals surface area contributed by atoms with Gasteiger partial charge in [0.05, 0.1) is 20.3 Å². The van der Waals surface area contributed by atoms with E-state index < -0.39 is 0 Å². The minimum atomic E-state index is 0. The third-order valence-corrected chi connectivity index (χ3v) is 6.53. The van der Waals surface area contributed by atoms with Crippen LogP contribution in [0.25, 0.3) is 0 Å². The van der Waals surface area contributed by atoms with Crippen molar-refractivity contribution in [2.75, 3.05) is 40.0 Å². The number of terminal acetylenes is 1.